The van der Waals surface area contributed by atoms with Gasteiger partial charge in [0.15, 0.2) is 6.10 Å². The molecule has 2 rings (SSSR count). The zero-order chi connectivity index (χ0) is 16.8. The van der Waals surface area contributed by atoms with Gasteiger partial charge in [-0.1, -0.05) is 35.3 Å². The quantitative estimate of drug-likeness (QED) is 0.830. The Morgan fingerprint density at radius 3 is 2.30 bits per heavy atom. The molecule has 0 fully saturated rings. The van der Waals surface area contributed by atoms with E-state index in [-0.39, 0.29) is 5.56 Å². The normalized spacial score (nSPS) is 11.4. The van der Waals surface area contributed by atoms with Gasteiger partial charge in [-0.25, -0.2) is 0 Å². The molecule has 1 unspecified atom stereocenters. The topological polar surface area (TPSA) is 67.4 Å². The molecule has 2 N–H and O–H groups in total. The fourth-order valence-corrected chi connectivity index (χ4v) is 2.05. The first-order valence-corrected chi connectivity index (χ1v) is 7.50. The number of rotatable bonds is 4. The second-order valence-corrected chi connectivity index (χ2v) is 5.48. The van der Waals surface area contributed by atoms with E-state index >= 15 is 0 Å². The molecule has 0 spiro atoms. The number of benzene rings is 2. The number of carbonyl (C=O) groups excluding carboxylic acids is 2. The molecule has 0 heterocycles. The number of carbonyl (C=O) groups is 2. The van der Waals surface area contributed by atoms with Crippen LogP contribution in [0.2, 0.25) is 10.0 Å². The number of hydrogen-bond acceptors (Lipinski definition) is 3. The van der Waals surface area contributed by atoms with Crippen molar-refractivity contribution in [1.29, 1.82) is 0 Å². The van der Waals surface area contributed by atoms with Crippen LogP contribution in [-0.4, -0.2) is 17.9 Å². The van der Waals surface area contributed by atoms with Crippen LogP contribution in [0.25, 0.3) is 0 Å². The molecule has 0 saturated carbocycles. The molecule has 0 aromatic heterocycles. The van der Waals surface area contributed by atoms with Crippen LogP contribution >= 0.6 is 23.2 Å². The molecule has 1 atom stereocenters. The van der Waals surface area contributed by atoms with E-state index in [1.807, 2.05) is 0 Å². The molecular formula is C16H14Cl2N2O3. The minimum atomic E-state index is -0.803. The second kappa shape index (κ2) is 7.85. The van der Waals surface area contributed by atoms with Crippen LogP contribution in [0.3, 0.4) is 0 Å². The summed E-state index contributed by atoms with van der Waals surface area (Å²) in [4.78, 5) is 23.8. The lowest BCUT2D eigenvalue weighted by atomic mass is 10.2. The van der Waals surface area contributed by atoms with Crippen molar-refractivity contribution in [3.8, 4) is 5.75 Å². The van der Waals surface area contributed by atoms with E-state index in [0.29, 0.717) is 15.8 Å². The Hall–Kier alpha value is -2.24. The molecule has 5 nitrogen and oxygen atoms in total. The van der Waals surface area contributed by atoms with E-state index in [2.05, 4.69) is 10.9 Å². The van der Waals surface area contributed by atoms with E-state index in [1.165, 1.54) is 0 Å². The smallest absolute Gasteiger partial charge is 0.279 e. The number of hydrogen-bond donors (Lipinski definition) is 2. The second-order valence-electron chi connectivity index (χ2n) is 4.64. The first-order valence-electron chi connectivity index (χ1n) is 6.74. The van der Waals surface area contributed by atoms with Crippen LogP contribution in [0.4, 0.5) is 0 Å². The first-order chi connectivity index (χ1) is 11.0. The maximum absolute atomic E-state index is 11.9. The van der Waals surface area contributed by atoms with Crippen LogP contribution < -0.4 is 15.6 Å². The predicted molar refractivity (Wildman–Crippen MR) is 88.6 cm³/mol. The number of hydrazine groups is 1. The van der Waals surface area contributed by atoms with Gasteiger partial charge >= 0.3 is 0 Å². The van der Waals surface area contributed by atoms with Gasteiger partial charge < -0.3 is 4.74 Å². The van der Waals surface area contributed by atoms with Gasteiger partial charge in [-0.15, -0.1) is 0 Å². The molecule has 0 radical (unpaired) electrons. The number of nitrogens with one attached hydrogen (secondary N) is 2. The highest BCUT2D eigenvalue weighted by atomic mass is 35.5. The van der Waals surface area contributed by atoms with Crippen molar-refractivity contribution < 1.29 is 14.3 Å². The molecule has 0 saturated heterocycles. The van der Waals surface area contributed by atoms with Crippen LogP contribution in [0.1, 0.15) is 17.3 Å². The van der Waals surface area contributed by atoms with E-state index < -0.39 is 17.9 Å². The summed E-state index contributed by atoms with van der Waals surface area (Å²) < 4.78 is 5.44. The molecule has 2 amide bonds. The zero-order valence-corrected chi connectivity index (χ0v) is 13.7. The lowest BCUT2D eigenvalue weighted by molar-refractivity contribution is -0.128. The molecule has 0 aliphatic carbocycles. The Morgan fingerprint density at radius 2 is 1.65 bits per heavy atom. The average molecular weight is 353 g/mol. The summed E-state index contributed by atoms with van der Waals surface area (Å²) >= 11 is 11.7. The Balaban J connectivity index is 1.87. The van der Waals surface area contributed by atoms with Gasteiger partial charge in [0.25, 0.3) is 11.8 Å². The Kier molecular flexibility index (Phi) is 5.84. The van der Waals surface area contributed by atoms with Crippen molar-refractivity contribution in [2.45, 2.75) is 13.0 Å². The number of ether oxygens (including phenoxy) is 1. The third kappa shape index (κ3) is 4.87. The number of amides is 2. The van der Waals surface area contributed by atoms with Crippen molar-refractivity contribution in [1.82, 2.24) is 10.9 Å². The maximum atomic E-state index is 11.9. The summed E-state index contributed by atoms with van der Waals surface area (Å²) in [6, 6.07) is 13.1. The minimum absolute atomic E-state index is 0.265. The molecule has 7 heteroatoms. The molecule has 0 aliphatic rings. The molecule has 120 valence electrons. The fourth-order valence-electron chi connectivity index (χ4n) is 1.70. The SMILES string of the molecule is CC(Oc1ccc(Cl)cc1)C(=O)NNC(=O)c1ccccc1Cl. The monoisotopic (exact) mass is 352 g/mol. The van der Waals surface area contributed by atoms with Gasteiger partial charge in [-0.05, 0) is 43.3 Å². The lowest BCUT2D eigenvalue weighted by Gasteiger charge is -2.15. The van der Waals surface area contributed by atoms with Gasteiger partial charge in [0, 0.05) is 5.02 Å². The molecule has 23 heavy (non-hydrogen) atoms. The predicted octanol–water partition coefficient (Wildman–Crippen LogP) is 3.22. The molecule has 2 aromatic carbocycles. The summed E-state index contributed by atoms with van der Waals surface area (Å²) in [5, 5.41) is 0.867. The van der Waals surface area contributed by atoms with E-state index in [0.717, 1.165) is 0 Å². The summed E-state index contributed by atoms with van der Waals surface area (Å²) in [6.07, 6.45) is -0.803. The van der Waals surface area contributed by atoms with Gasteiger partial charge in [0.05, 0.1) is 10.6 Å². The highest BCUT2D eigenvalue weighted by Gasteiger charge is 2.16. The van der Waals surface area contributed by atoms with Gasteiger partial charge in [0.2, 0.25) is 0 Å². The third-order valence-corrected chi connectivity index (χ3v) is 3.50. The molecule has 2 aromatic rings. The summed E-state index contributed by atoms with van der Waals surface area (Å²) in [5.41, 5.74) is 4.85. The molecule has 0 bridgehead atoms. The maximum Gasteiger partial charge on any atom is 0.279 e. The minimum Gasteiger partial charge on any atom is -0.481 e. The van der Waals surface area contributed by atoms with Crippen LogP contribution in [0.15, 0.2) is 48.5 Å². The van der Waals surface area contributed by atoms with Gasteiger partial charge in [0.1, 0.15) is 5.75 Å². The van der Waals surface area contributed by atoms with Crippen molar-refractivity contribution in [2.75, 3.05) is 0 Å². The third-order valence-electron chi connectivity index (χ3n) is 2.91. The standard InChI is InChI=1S/C16H14Cl2N2O3/c1-10(23-12-8-6-11(17)7-9-12)15(21)19-20-16(22)13-4-2-3-5-14(13)18/h2-10H,1H3,(H,19,21)(H,20,22). The van der Waals surface area contributed by atoms with Crippen molar-refractivity contribution >= 4 is 35.0 Å². The first kappa shape index (κ1) is 17.1. The van der Waals surface area contributed by atoms with Crippen LogP contribution in [0, 0.1) is 0 Å². The van der Waals surface area contributed by atoms with Crippen LogP contribution in [-0.2, 0) is 4.79 Å². The lowest BCUT2D eigenvalue weighted by Crippen LogP contribution is -2.47. The van der Waals surface area contributed by atoms with E-state index in [9.17, 15) is 9.59 Å². The van der Waals surface area contributed by atoms with Crippen molar-refractivity contribution in [3.63, 3.8) is 0 Å². The summed E-state index contributed by atoms with van der Waals surface area (Å²) in [6.45, 7) is 1.56. The average Bonchev–Trinajstić information content (AvgIpc) is 2.54. The van der Waals surface area contributed by atoms with E-state index in [1.54, 1.807) is 55.5 Å². The highest BCUT2D eigenvalue weighted by Crippen LogP contribution is 2.17. The van der Waals surface area contributed by atoms with Crippen molar-refractivity contribution in [3.05, 3.63) is 64.1 Å². The Morgan fingerprint density at radius 1 is 1.00 bits per heavy atom. The van der Waals surface area contributed by atoms with E-state index in [4.69, 9.17) is 27.9 Å². The fraction of sp³-hybridized carbons (Fsp3) is 0.125. The number of halogens is 2. The Bertz CT molecular complexity index is 705. The Labute approximate surface area is 143 Å². The highest BCUT2D eigenvalue weighted by molar-refractivity contribution is 6.33. The molecular weight excluding hydrogens is 339 g/mol. The molecule has 0 aliphatic heterocycles. The van der Waals surface area contributed by atoms with Crippen LogP contribution in [0.5, 0.6) is 5.75 Å². The van der Waals surface area contributed by atoms with Crippen molar-refractivity contribution in [2.24, 2.45) is 0 Å². The largest absolute Gasteiger partial charge is 0.481 e. The van der Waals surface area contributed by atoms with Gasteiger partial charge in [-0.3, -0.25) is 20.4 Å². The van der Waals surface area contributed by atoms with Gasteiger partial charge in [-0.2, -0.15) is 0 Å². The summed E-state index contributed by atoms with van der Waals surface area (Å²) in [7, 11) is 0. The zero-order valence-electron chi connectivity index (χ0n) is 12.2. The summed E-state index contributed by atoms with van der Waals surface area (Å²) in [5.74, 6) is -0.516.